The summed E-state index contributed by atoms with van der Waals surface area (Å²) in [7, 11) is 0. The predicted octanol–water partition coefficient (Wildman–Crippen LogP) is 4.08. The third kappa shape index (κ3) is 4.49. The van der Waals surface area contributed by atoms with Gasteiger partial charge in [-0.1, -0.05) is 30.3 Å². The summed E-state index contributed by atoms with van der Waals surface area (Å²) in [6, 6.07) is 18.7. The fourth-order valence-electron chi connectivity index (χ4n) is 2.45. The van der Waals surface area contributed by atoms with Crippen LogP contribution in [0.3, 0.4) is 0 Å². The Bertz CT molecular complexity index is 989. The van der Waals surface area contributed by atoms with Crippen LogP contribution in [-0.4, -0.2) is 32.9 Å². The molecule has 6 nitrogen and oxygen atoms in total. The molecule has 0 aliphatic rings. The van der Waals surface area contributed by atoms with E-state index in [-0.39, 0.29) is 22.9 Å². The number of fused-ring (bicyclic) bond motifs is 1. The summed E-state index contributed by atoms with van der Waals surface area (Å²) < 4.78 is 5.25. The van der Waals surface area contributed by atoms with Crippen LogP contribution < -0.4 is 0 Å². The first-order valence-electron chi connectivity index (χ1n) is 8.24. The fraction of sp³-hybridized carbons (Fsp3) is 0.150. The molecule has 0 fully saturated rings. The SMILES string of the molecule is C[C@H](OC(=O)CSc1ccccc1)/C(O)=C(\C#N)c1nc2ccccc2[nH]1. The molecule has 0 bridgehead atoms. The zero-order valence-corrected chi connectivity index (χ0v) is 15.4. The summed E-state index contributed by atoms with van der Waals surface area (Å²) in [5.74, 6) is -0.481. The highest BCUT2D eigenvalue weighted by atomic mass is 32.2. The van der Waals surface area contributed by atoms with Gasteiger partial charge in [-0.15, -0.1) is 11.8 Å². The minimum absolute atomic E-state index is 0.0535. The molecule has 0 aliphatic carbocycles. The van der Waals surface area contributed by atoms with Gasteiger partial charge in [0, 0.05) is 4.90 Å². The standard InChI is InChI=1S/C20H17N3O3S/c1-13(26-18(24)12-27-14-7-3-2-4-8-14)19(25)15(11-21)20-22-16-9-5-6-10-17(16)23-20/h2-10,13,25H,12H2,1H3,(H,22,23)/b19-15-/t13-/m0/s1. The summed E-state index contributed by atoms with van der Waals surface area (Å²) in [5, 5.41) is 19.8. The number of nitrogens with zero attached hydrogens (tertiary/aromatic N) is 2. The number of thioether (sulfide) groups is 1. The van der Waals surface area contributed by atoms with Gasteiger partial charge in [-0.25, -0.2) is 4.98 Å². The quantitative estimate of drug-likeness (QED) is 0.290. The van der Waals surface area contributed by atoms with Crippen molar-refractivity contribution in [3.8, 4) is 6.07 Å². The number of H-pyrrole nitrogens is 1. The number of ether oxygens (including phenoxy) is 1. The van der Waals surface area contributed by atoms with Crippen LogP contribution in [-0.2, 0) is 9.53 Å². The molecule has 7 heteroatoms. The number of aliphatic hydroxyl groups excluding tert-OH is 1. The lowest BCUT2D eigenvalue weighted by molar-refractivity contribution is -0.144. The molecule has 0 amide bonds. The molecule has 136 valence electrons. The maximum absolute atomic E-state index is 12.0. The zero-order valence-electron chi connectivity index (χ0n) is 14.5. The number of carbonyl (C=O) groups is 1. The van der Waals surface area contributed by atoms with E-state index in [1.165, 1.54) is 18.7 Å². The van der Waals surface area contributed by atoms with Gasteiger partial charge in [-0.2, -0.15) is 5.26 Å². The van der Waals surface area contributed by atoms with E-state index in [1.807, 2.05) is 54.6 Å². The highest BCUT2D eigenvalue weighted by Crippen LogP contribution is 2.22. The number of nitrogens with one attached hydrogen (secondary N) is 1. The van der Waals surface area contributed by atoms with Crippen LogP contribution in [0.25, 0.3) is 16.6 Å². The van der Waals surface area contributed by atoms with Gasteiger partial charge in [0.25, 0.3) is 0 Å². The van der Waals surface area contributed by atoms with E-state index in [9.17, 15) is 15.2 Å². The van der Waals surface area contributed by atoms with Gasteiger partial charge in [0.2, 0.25) is 0 Å². The van der Waals surface area contributed by atoms with Crippen molar-refractivity contribution >= 4 is 34.3 Å². The number of aromatic amines is 1. The average molecular weight is 379 g/mol. The number of aromatic nitrogens is 2. The number of carbonyl (C=O) groups excluding carboxylic acids is 1. The van der Waals surface area contributed by atoms with Crippen molar-refractivity contribution in [1.29, 1.82) is 5.26 Å². The van der Waals surface area contributed by atoms with Crippen LogP contribution in [0.2, 0.25) is 0 Å². The van der Waals surface area contributed by atoms with Crippen molar-refractivity contribution < 1.29 is 14.6 Å². The lowest BCUT2D eigenvalue weighted by Crippen LogP contribution is -2.19. The van der Waals surface area contributed by atoms with E-state index in [1.54, 1.807) is 6.07 Å². The molecule has 0 unspecified atom stereocenters. The van der Waals surface area contributed by atoms with Gasteiger partial charge in [0.1, 0.15) is 11.6 Å². The Balaban J connectivity index is 1.70. The molecule has 1 aromatic heterocycles. The third-order valence-corrected chi connectivity index (χ3v) is 4.77. The number of hydrogen-bond donors (Lipinski definition) is 2. The number of nitriles is 1. The maximum atomic E-state index is 12.0. The molecule has 0 saturated carbocycles. The van der Waals surface area contributed by atoms with E-state index >= 15 is 0 Å². The van der Waals surface area contributed by atoms with Gasteiger partial charge in [-0.3, -0.25) is 4.79 Å². The van der Waals surface area contributed by atoms with Crippen molar-refractivity contribution in [2.75, 3.05) is 5.75 Å². The molecule has 3 rings (SSSR count). The van der Waals surface area contributed by atoms with Crippen LogP contribution in [0, 0.1) is 11.3 Å². The van der Waals surface area contributed by atoms with E-state index in [0.29, 0.717) is 5.52 Å². The number of allylic oxidation sites excluding steroid dienone is 1. The Morgan fingerprint density at radius 2 is 1.96 bits per heavy atom. The van der Waals surface area contributed by atoms with Gasteiger partial charge in [0.15, 0.2) is 17.7 Å². The van der Waals surface area contributed by atoms with Gasteiger partial charge in [-0.05, 0) is 31.2 Å². The van der Waals surface area contributed by atoms with Crippen molar-refractivity contribution in [3.63, 3.8) is 0 Å². The molecule has 0 aliphatic heterocycles. The number of benzene rings is 2. The third-order valence-electron chi connectivity index (χ3n) is 3.79. The topological polar surface area (TPSA) is 99.0 Å². The van der Waals surface area contributed by atoms with Crippen LogP contribution >= 0.6 is 11.8 Å². The second kappa shape index (κ2) is 8.43. The van der Waals surface area contributed by atoms with Crippen molar-refractivity contribution in [2.45, 2.75) is 17.9 Å². The van der Waals surface area contributed by atoms with Crippen molar-refractivity contribution in [3.05, 3.63) is 66.2 Å². The number of rotatable bonds is 6. The van der Waals surface area contributed by atoms with Crippen LogP contribution in [0.1, 0.15) is 12.7 Å². The Morgan fingerprint density at radius 3 is 2.67 bits per heavy atom. The molecule has 27 heavy (non-hydrogen) atoms. The van der Waals surface area contributed by atoms with Gasteiger partial charge >= 0.3 is 5.97 Å². The molecule has 2 N–H and O–H groups in total. The van der Waals surface area contributed by atoms with E-state index in [4.69, 9.17) is 4.74 Å². The second-order valence-corrected chi connectivity index (χ2v) is 6.76. The Hall–Kier alpha value is -3.24. The minimum atomic E-state index is -0.961. The number of esters is 1. The van der Waals surface area contributed by atoms with Crippen LogP contribution in [0.15, 0.2) is 65.3 Å². The average Bonchev–Trinajstić information content (AvgIpc) is 3.11. The summed E-state index contributed by atoms with van der Waals surface area (Å²) >= 11 is 1.34. The Morgan fingerprint density at radius 1 is 1.26 bits per heavy atom. The highest BCUT2D eigenvalue weighted by Gasteiger charge is 2.21. The van der Waals surface area contributed by atoms with E-state index < -0.39 is 12.1 Å². The molecule has 0 radical (unpaired) electrons. The largest absolute Gasteiger partial charge is 0.507 e. The van der Waals surface area contributed by atoms with Crippen LogP contribution in [0.5, 0.6) is 0 Å². The van der Waals surface area contributed by atoms with E-state index in [2.05, 4.69) is 9.97 Å². The normalized spacial score (nSPS) is 12.9. The van der Waals surface area contributed by atoms with Crippen molar-refractivity contribution in [1.82, 2.24) is 9.97 Å². The molecule has 2 aromatic carbocycles. The second-order valence-electron chi connectivity index (χ2n) is 5.71. The molecule has 1 atom stereocenters. The van der Waals surface area contributed by atoms with Crippen LogP contribution in [0.4, 0.5) is 0 Å². The number of aliphatic hydroxyl groups is 1. The first kappa shape index (κ1) is 18.5. The van der Waals surface area contributed by atoms with Crippen molar-refractivity contribution in [2.24, 2.45) is 0 Å². The molecule has 1 heterocycles. The smallest absolute Gasteiger partial charge is 0.316 e. The number of para-hydroxylation sites is 2. The molecule has 0 spiro atoms. The van der Waals surface area contributed by atoms with E-state index in [0.717, 1.165) is 10.4 Å². The maximum Gasteiger partial charge on any atom is 0.316 e. The summed E-state index contributed by atoms with van der Waals surface area (Å²) in [5.41, 5.74) is 1.37. The fourth-order valence-corrected chi connectivity index (χ4v) is 3.15. The highest BCUT2D eigenvalue weighted by molar-refractivity contribution is 8.00. The first-order valence-corrected chi connectivity index (χ1v) is 9.22. The molecular weight excluding hydrogens is 362 g/mol. The Labute approximate surface area is 160 Å². The number of hydrogen-bond acceptors (Lipinski definition) is 6. The van der Waals surface area contributed by atoms with Gasteiger partial charge < -0.3 is 14.8 Å². The lowest BCUT2D eigenvalue weighted by Gasteiger charge is -2.13. The molecule has 3 aromatic rings. The van der Waals surface area contributed by atoms with Gasteiger partial charge in [0.05, 0.1) is 16.8 Å². The minimum Gasteiger partial charge on any atom is -0.507 e. The monoisotopic (exact) mass is 379 g/mol. The lowest BCUT2D eigenvalue weighted by atomic mass is 10.2. The molecule has 0 saturated heterocycles. The zero-order chi connectivity index (χ0) is 19.2. The Kier molecular flexibility index (Phi) is 5.79. The predicted molar refractivity (Wildman–Crippen MR) is 104 cm³/mol. The summed E-state index contributed by atoms with van der Waals surface area (Å²) in [6.07, 6.45) is -0.961. The summed E-state index contributed by atoms with van der Waals surface area (Å²) in [6.45, 7) is 1.51. The summed E-state index contributed by atoms with van der Waals surface area (Å²) in [4.78, 5) is 20.3. The first-order chi connectivity index (χ1) is 13.1. The number of imidazole rings is 1. The molecular formula is C20H17N3O3S.